The number of aromatic nitrogens is 2. The molecule has 0 aliphatic carbocycles. The molecule has 0 spiro atoms. The highest BCUT2D eigenvalue weighted by Gasteiger charge is 2.11. The largest absolute Gasteiger partial charge is 0.332 e. The molecule has 0 aliphatic heterocycles. The van der Waals surface area contributed by atoms with E-state index in [1.54, 1.807) is 6.07 Å². The van der Waals surface area contributed by atoms with Crippen LogP contribution >= 0.6 is 27.3 Å². The number of thiazole rings is 1. The molecule has 21 heavy (non-hydrogen) atoms. The Bertz CT molecular complexity index is 650. The Balaban J connectivity index is 2.13. The van der Waals surface area contributed by atoms with Crippen molar-refractivity contribution in [3.8, 4) is 10.6 Å². The highest BCUT2D eigenvalue weighted by Crippen LogP contribution is 2.31. The Hall–Kier alpha value is -1.61. The van der Waals surface area contributed by atoms with E-state index >= 15 is 0 Å². The quantitative estimate of drug-likeness (QED) is 0.855. The molecule has 0 unspecified atom stereocenters. The fraction of sp³-hybridized carbons (Fsp3) is 0.250. The van der Waals surface area contributed by atoms with Crippen LogP contribution in [0.15, 0.2) is 22.1 Å². The molecule has 5 nitrogen and oxygen atoms in total. The molecule has 2 heterocycles. The molecule has 0 radical (unpaired) electrons. The summed E-state index contributed by atoms with van der Waals surface area (Å²) in [6.07, 6.45) is -1.07. The third-order valence-corrected chi connectivity index (χ3v) is 3.99. The van der Waals surface area contributed by atoms with Gasteiger partial charge in [0, 0.05) is 27.3 Å². The summed E-state index contributed by atoms with van der Waals surface area (Å²) in [6, 6.07) is 0.899. The van der Waals surface area contributed by atoms with Crippen LogP contribution in [0.4, 0.5) is 19.4 Å². The number of pyridine rings is 1. The molecule has 0 atom stereocenters. The number of aryl methyl sites for hydroxylation is 1. The zero-order valence-electron chi connectivity index (χ0n) is 10.9. The molecule has 2 aromatic rings. The van der Waals surface area contributed by atoms with Crippen molar-refractivity contribution >= 4 is 39.1 Å². The van der Waals surface area contributed by atoms with Crippen LogP contribution in [0.3, 0.4) is 0 Å². The van der Waals surface area contributed by atoms with Crippen LogP contribution in [0.1, 0.15) is 5.69 Å². The van der Waals surface area contributed by atoms with Crippen LogP contribution in [0.5, 0.6) is 0 Å². The van der Waals surface area contributed by atoms with Gasteiger partial charge in [-0.05, 0) is 28.9 Å². The van der Waals surface area contributed by atoms with Gasteiger partial charge < -0.3 is 5.32 Å². The lowest BCUT2D eigenvalue weighted by Crippen LogP contribution is -2.32. The second-order valence-electron chi connectivity index (χ2n) is 4.07. The van der Waals surface area contributed by atoms with E-state index in [0.29, 0.717) is 0 Å². The van der Waals surface area contributed by atoms with E-state index in [0.717, 1.165) is 20.7 Å². The molecule has 0 saturated carbocycles. The van der Waals surface area contributed by atoms with Gasteiger partial charge in [0.1, 0.15) is 10.8 Å². The molecular weight excluding hydrogens is 366 g/mol. The first-order valence-electron chi connectivity index (χ1n) is 5.86. The van der Waals surface area contributed by atoms with E-state index in [2.05, 4.69) is 31.2 Å². The van der Waals surface area contributed by atoms with Crippen molar-refractivity contribution < 1.29 is 13.6 Å². The summed E-state index contributed by atoms with van der Waals surface area (Å²) < 4.78 is 24.7. The average Bonchev–Trinajstić information content (AvgIpc) is 2.85. The zero-order valence-corrected chi connectivity index (χ0v) is 13.3. The van der Waals surface area contributed by atoms with Crippen LogP contribution in [-0.4, -0.2) is 29.0 Å². The van der Waals surface area contributed by atoms with Crippen molar-refractivity contribution in [2.75, 3.05) is 11.9 Å². The molecule has 2 aromatic heterocycles. The summed E-state index contributed by atoms with van der Waals surface area (Å²) in [5, 5.41) is 7.13. The van der Waals surface area contributed by atoms with Crippen LogP contribution in [0.25, 0.3) is 10.6 Å². The number of hydrogen-bond donors (Lipinski definition) is 2. The summed E-state index contributed by atoms with van der Waals surface area (Å²) in [5.41, 5.74) is 1.66. The summed E-state index contributed by atoms with van der Waals surface area (Å²) in [7, 11) is 0. The summed E-state index contributed by atoms with van der Waals surface area (Å²) >= 11 is 4.83. The van der Waals surface area contributed by atoms with Gasteiger partial charge >= 0.3 is 6.03 Å². The Labute approximate surface area is 131 Å². The number of rotatable bonds is 4. The molecular formula is C12H11BrF2N4OS. The molecule has 0 aromatic carbocycles. The standard InChI is InChI=1S/C12H11BrF2N4OS/c1-6-5-21-11(18-6)7-2-10(16-3-8(7)13)19-12(20)17-4-9(14)15/h2-3,5,9H,4H2,1H3,(H2,16,17,19,20). The van der Waals surface area contributed by atoms with Crippen molar-refractivity contribution in [1.29, 1.82) is 0 Å². The normalized spacial score (nSPS) is 10.7. The van der Waals surface area contributed by atoms with Crippen LogP contribution < -0.4 is 10.6 Å². The number of carbonyl (C=O) groups excluding carboxylic acids is 1. The van der Waals surface area contributed by atoms with Crippen LogP contribution in [-0.2, 0) is 0 Å². The molecule has 2 amide bonds. The Kier molecular flexibility index (Phi) is 5.18. The summed E-state index contributed by atoms with van der Waals surface area (Å²) in [6.45, 7) is 1.17. The molecule has 0 aliphatic rings. The first kappa shape index (κ1) is 15.8. The number of nitrogens with one attached hydrogen (secondary N) is 2. The molecule has 0 bridgehead atoms. The maximum absolute atomic E-state index is 12.0. The predicted octanol–water partition coefficient (Wildman–Crippen LogP) is 3.66. The summed E-state index contributed by atoms with van der Waals surface area (Å²) in [5.74, 6) is 0.257. The number of anilines is 1. The minimum absolute atomic E-state index is 0.257. The van der Waals surface area contributed by atoms with E-state index < -0.39 is 19.0 Å². The first-order valence-corrected chi connectivity index (χ1v) is 7.54. The van der Waals surface area contributed by atoms with Gasteiger partial charge in [-0.2, -0.15) is 0 Å². The molecule has 2 rings (SSSR count). The van der Waals surface area contributed by atoms with Crippen molar-refractivity contribution in [2.24, 2.45) is 0 Å². The van der Waals surface area contributed by atoms with E-state index in [4.69, 9.17) is 0 Å². The third kappa shape index (κ3) is 4.43. The van der Waals surface area contributed by atoms with Gasteiger partial charge in [0.2, 0.25) is 0 Å². The van der Waals surface area contributed by atoms with Gasteiger partial charge in [-0.1, -0.05) is 0 Å². The average molecular weight is 377 g/mol. The Morgan fingerprint density at radius 1 is 1.52 bits per heavy atom. The maximum Gasteiger partial charge on any atom is 0.320 e. The van der Waals surface area contributed by atoms with Gasteiger partial charge in [-0.3, -0.25) is 5.32 Å². The number of halogens is 3. The predicted molar refractivity (Wildman–Crippen MR) is 80.8 cm³/mol. The molecule has 2 N–H and O–H groups in total. The highest BCUT2D eigenvalue weighted by molar-refractivity contribution is 9.10. The van der Waals surface area contributed by atoms with E-state index in [1.165, 1.54) is 17.5 Å². The smallest absolute Gasteiger partial charge is 0.320 e. The lowest BCUT2D eigenvalue weighted by molar-refractivity contribution is 0.148. The molecule has 112 valence electrons. The van der Waals surface area contributed by atoms with Crippen LogP contribution in [0, 0.1) is 6.92 Å². The Morgan fingerprint density at radius 2 is 2.29 bits per heavy atom. The van der Waals surface area contributed by atoms with E-state index in [1.807, 2.05) is 17.6 Å². The lowest BCUT2D eigenvalue weighted by atomic mass is 10.2. The van der Waals surface area contributed by atoms with Crippen LogP contribution in [0.2, 0.25) is 0 Å². The minimum atomic E-state index is -2.59. The second kappa shape index (κ2) is 6.90. The van der Waals surface area contributed by atoms with Gasteiger partial charge in [0.15, 0.2) is 0 Å². The zero-order chi connectivity index (χ0) is 15.4. The molecule has 0 saturated heterocycles. The van der Waals surface area contributed by atoms with Crippen molar-refractivity contribution in [2.45, 2.75) is 13.3 Å². The fourth-order valence-electron chi connectivity index (χ4n) is 1.48. The fourth-order valence-corrected chi connectivity index (χ4v) is 2.84. The number of urea groups is 1. The third-order valence-electron chi connectivity index (χ3n) is 2.36. The number of carbonyl (C=O) groups is 1. The maximum atomic E-state index is 12.0. The number of nitrogens with zero attached hydrogens (tertiary/aromatic N) is 2. The lowest BCUT2D eigenvalue weighted by Gasteiger charge is -2.08. The van der Waals surface area contributed by atoms with Crippen molar-refractivity contribution in [1.82, 2.24) is 15.3 Å². The minimum Gasteiger partial charge on any atom is -0.332 e. The van der Waals surface area contributed by atoms with E-state index in [-0.39, 0.29) is 5.82 Å². The van der Waals surface area contributed by atoms with Gasteiger partial charge in [-0.25, -0.2) is 23.5 Å². The highest BCUT2D eigenvalue weighted by atomic mass is 79.9. The first-order chi connectivity index (χ1) is 9.95. The molecule has 9 heteroatoms. The van der Waals surface area contributed by atoms with Gasteiger partial charge in [0.25, 0.3) is 6.43 Å². The number of alkyl halides is 2. The van der Waals surface area contributed by atoms with E-state index in [9.17, 15) is 13.6 Å². The number of amides is 2. The van der Waals surface area contributed by atoms with Crippen molar-refractivity contribution in [3.05, 3.63) is 27.8 Å². The SMILES string of the molecule is Cc1csc(-c2cc(NC(=O)NCC(F)F)ncc2Br)n1. The topological polar surface area (TPSA) is 66.9 Å². The molecule has 0 fully saturated rings. The van der Waals surface area contributed by atoms with Gasteiger partial charge in [0.05, 0.1) is 6.54 Å². The summed E-state index contributed by atoms with van der Waals surface area (Å²) in [4.78, 5) is 19.8. The van der Waals surface area contributed by atoms with Gasteiger partial charge in [-0.15, -0.1) is 11.3 Å². The Morgan fingerprint density at radius 3 is 2.90 bits per heavy atom. The monoisotopic (exact) mass is 376 g/mol. The number of hydrogen-bond acceptors (Lipinski definition) is 4. The van der Waals surface area contributed by atoms with Crippen molar-refractivity contribution in [3.63, 3.8) is 0 Å². The second-order valence-corrected chi connectivity index (χ2v) is 5.78.